The van der Waals surface area contributed by atoms with Gasteiger partial charge in [-0.2, -0.15) is 5.10 Å². The van der Waals surface area contributed by atoms with Gasteiger partial charge in [0, 0.05) is 6.54 Å². The van der Waals surface area contributed by atoms with Crippen LogP contribution in [0.5, 0.6) is 0 Å². The van der Waals surface area contributed by atoms with Crippen LogP contribution in [0.25, 0.3) is 0 Å². The fraction of sp³-hybridized carbons (Fsp3) is 0.600. The van der Waals surface area contributed by atoms with E-state index in [1.807, 2.05) is 6.92 Å². The molecule has 0 amide bonds. The topological polar surface area (TPSA) is 112 Å². The molecule has 102 valence electrons. The van der Waals surface area contributed by atoms with Gasteiger partial charge in [0.05, 0.1) is 5.92 Å². The third-order valence-corrected chi connectivity index (χ3v) is 2.96. The maximum Gasteiger partial charge on any atom is 0.306 e. The average molecular weight is 265 g/mol. The molecule has 2 unspecified atom stereocenters. The van der Waals surface area contributed by atoms with Gasteiger partial charge in [0.25, 0.3) is 0 Å². The Balaban J connectivity index is 2.07. The minimum atomic E-state index is -0.820. The molecule has 19 heavy (non-hydrogen) atoms. The number of carbonyl (C=O) groups is 1. The lowest BCUT2D eigenvalue weighted by Gasteiger charge is -2.12. The molecular formula is C10H15N7O2. The molecule has 0 aromatic carbocycles. The number of rotatable bonds is 6. The summed E-state index contributed by atoms with van der Waals surface area (Å²) in [6.45, 7) is 4.01. The number of carboxylic acids is 1. The van der Waals surface area contributed by atoms with Crippen LogP contribution in [0.2, 0.25) is 0 Å². The van der Waals surface area contributed by atoms with E-state index in [1.165, 1.54) is 6.33 Å². The zero-order valence-electron chi connectivity index (χ0n) is 10.7. The minimum absolute atomic E-state index is 0.155. The highest BCUT2D eigenvalue weighted by molar-refractivity contribution is 5.69. The van der Waals surface area contributed by atoms with Crippen LogP contribution in [0.4, 0.5) is 0 Å². The lowest BCUT2D eigenvalue weighted by molar-refractivity contribution is -0.141. The monoisotopic (exact) mass is 265 g/mol. The van der Waals surface area contributed by atoms with Crippen LogP contribution in [0.15, 0.2) is 12.7 Å². The van der Waals surface area contributed by atoms with Gasteiger partial charge in [-0.1, -0.05) is 6.92 Å². The summed E-state index contributed by atoms with van der Waals surface area (Å²) in [5, 5.41) is 24.4. The number of aryl methyl sites for hydroxylation is 1. The van der Waals surface area contributed by atoms with Crippen molar-refractivity contribution >= 4 is 5.97 Å². The molecule has 0 spiro atoms. The summed E-state index contributed by atoms with van der Waals surface area (Å²) in [5.74, 6) is -0.624. The number of aliphatic carboxylic acids is 1. The molecule has 0 saturated carbocycles. The molecule has 0 bridgehead atoms. The Bertz CT molecular complexity index is 536. The Morgan fingerprint density at radius 3 is 2.89 bits per heavy atom. The maximum atomic E-state index is 10.8. The van der Waals surface area contributed by atoms with E-state index < -0.39 is 11.9 Å². The van der Waals surface area contributed by atoms with Crippen molar-refractivity contribution in [1.29, 1.82) is 0 Å². The molecule has 0 fully saturated rings. The second kappa shape index (κ2) is 5.55. The Labute approximate surface area is 109 Å². The van der Waals surface area contributed by atoms with Crippen LogP contribution in [0.1, 0.15) is 32.1 Å². The zero-order chi connectivity index (χ0) is 13.8. The van der Waals surface area contributed by atoms with E-state index >= 15 is 0 Å². The first kappa shape index (κ1) is 13.1. The van der Waals surface area contributed by atoms with Gasteiger partial charge in [-0.15, -0.1) is 5.10 Å². The van der Waals surface area contributed by atoms with Gasteiger partial charge in [0.2, 0.25) is 0 Å². The highest BCUT2D eigenvalue weighted by Crippen LogP contribution is 2.13. The first-order valence-corrected chi connectivity index (χ1v) is 5.92. The van der Waals surface area contributed by atoms with Crippen molar-refractivity contribution in [2.24, 2.45) is 5.92 Å². The van der Waals surface area contributed by atoms with Crippen molar-refractivity contribution in [1.82, 2.24) is 35.0 Å². The average Bonchev–Trinajstić information content (AvgIpc) is 3.05. The minimum Gasteiger partial charge on any atom is -0.481 e. The lowest BCUT2D eigenvalue weighted by atomic mass is 10.1. The van der Waals surface area contributed by atoms with E-state index in [-0.39, 0.29) is 6.04 Å². The van der Waals surface area contributed by atoms with Gasteiger partial charge in [-0.05, 0) is 23.8 Å². The number of aromatic nitrogens is 7. The second-order valence-electron chi connectivity index (χ2n) is 4.34. The van der Waals surface area contributed by atoms with Gasteiger partial charge < -0.3 is 5.11 Å². The van der Waals surface area contributed by atoms with Crippen molar-refractivity contribution in [3.8, 4) is 0 Å². The molecule has 9 heteroatoms. The number of hydrogen-bond donors (Lipinski definition) is 1. The molecule has 1 N–H and O–H groups in total. The number of tetrazole rings is 1. The summed E-state index contributed by atoms with van der Waals surface area (Å²) in [7, 11) is 0. The van der Waals surface area contributed by atoms with Crippen LogP contribution in [0.3, 0.4) is 0 Å². The normalized spacial score (nSPS) is 14.2. The first-order chi connectivity index (χ1) is 9.09. The highest BCUT2D eigenvalue weighted by Gasteiger charge is 2.18. The van der Waals surface area contributed by atoms with Crippen molar-refractivity contribution in [2.75, 3.05) is 0 Å². The van der Waals surface area contributed by atoms with Crippen LogP contribution in [0, 0.1) is 5.92 Å². The fourth-order valence-electron chi connectivity index (χ4n) is 1.65. The van der Waals surface area contributed by atoms with Crippen molar-refractivity contribution < 1.29 is 9.90 Å². The van der Waals surface area contributed by atoms with Crippen LogP contribution in [-0.2, 0) is 11.3 Å². The largest absolute Gasteiger partial charge is 0.481 e. The summed E-state index contributed by atoms with van der Waals surface area (Å²) in [5.41, 5.74) is 0. The first-order valence-electron chi connectivity index (χ1n) is 5.92. The molecule has 2 aromatic rings. The van der Waals surface area contributed by atoms with E-state index in [1.54, 1.807) is 22.6 Å². The van der Waals surface area contributed by atoms with Crippen LogP contribution in [-0.4, -0.2) is 46.0 Å². The van der Waals surface area contributed by atoms with Gasteiger partial charge >= 0.3 is 5.97 Å². The molecule has 0 aliphatic carbocycles. The molecule has 0 radical (unpaired) electrons. The van der Waals surface area contributed by atoms with Gasteiger partial charge in [-0.25, -0.2) is 14.3 Å². The quantitative estimate of drug-likeness (QED) is 0.781. The summed E-state index contributed by atoms with van der Waals surface area (Å²) in [4.78, 5) is 14.7. The van der Waals surface area contributed by atoms with E-state index in [9.17, 15) is 4.79 Å². The highest BCUT2D eigenvalue weighted by atomic mass is 16.4. The second-order valence-corrected chi connectivity index (χ2v) is 4.34. The van der Waals surface area contributed by atoms with E-state index in [2.05, 4.69) is 25.6 Å². The molecular weight excluding hydrogens is 250 g/mol. The number of carboxylic acid groups (broad SMARTS) is 1. The lowest BCUT2D eigenvalue weighted by Crippen LogP contribution is -2.18. The van der Waals surface area contributed by atoms with Gasteiger partial charge in [0.1, 0.15) is 18.7 Å². The molecule has 0 aliphatic heterocycles. The predicted molar refractivity (Wildman–Crippen MR) is 63.1 cm³/mol. The van der Waals surface area contributed by atoms with E-state index in [0.717, 1.165) is 0 Å². The third kappa shape index (κ3) is 2.92. The zero-order valence-corrected chi connectivity index (χ0v) is 10.7. The summed E-state index contributed by atoms with van der Waals surface area (Å²) in [6, 6.07) is -0.155. The van der Waals surface area contributed by atoms with Gasteiger partial charge in [-0.3, -0.25) is 4.79 Å². The van der Waals surface area contributed by atoms with E-state index in [4.69, 9.17) is 5.11 Å². The third-order valence-electron chi connectivity index (χ3n) is 2.96. The standard InChI is InChI=1S/C10H15N7O2/c1-7(10(18)19)3-4-16-9(13-14-15-16)8(2)17-6-11-5-12-17/h5-8H,3-4H2,1-2H3,(H,18,19). The predicted octanol–water partition coefficient (Wildman–Crippen LogP) is -0.0153. The summed E-state index contributed by atoms with van der Waals surface area (Å²) in [6.07, 6.45) is 3.50. The Morgan fingerprint density at radius 2 is 2.26 bits per heavy atom. The molecule has 2 heterocycles. The Hall–Kier alpha value is -2.32. The SMILES string of the molecule is CC(CCn1nnnc1C(C)n1cncn1)C(=O)O. The maximum absolute atomic E-state index is 10.8. The summed E-state index contributed by atoms with van der Waals surface area (Å²) >= 11 is 0. The molecule has 0 saturated heterocycles. The Morgan fingerprint density at radius 1 is 1.47 bits per heavy atom. The molecule has 0 aliphatic rings. The van der Waals surface area contributed by atoms with E-state index in [0.29, 0.717) is 18.8 Å². The van der Waals surface area contributed by atoms with Crippen molar-refractivity contribution in [3.63, 3.8) is 0 Å². The number of hydrogen-bond acceptors (Lipinski definition) is 6. The molecule has 2 rings (SSSR count). The smallest absolute Gasteiger partial charge is 0.306 e. The number of nitrogens with zero attached hydrogens (tertiary/aromatic N) is 7. The van der Waals surface area contributed by atoms with Crippen LogP contribution < -0.4 is 0 Å². The van der Waals surface area contributed by atoms with Crippen molar-refractivity contribution in [2.45, 2.75) is 32.9 Å². The van der Waals surface area contributed by atoms with Crippen molar-refractivity contribution in [3.05, 3.63) is 18.5 Å². The van der Waals surface area contributed by atoms with Crippen LogP contribution >= 0.6 is 0 Å². The summed E-state index contributed by atoms with van der Waals surface area (Å²) < 4.78 is 3.24. The van der Waals surface area contributed by atoms with Gasteiger partial charge in [0.15, 0.2) is 5.82 Å². The molecule has 9 nitrogen and oxygen atoms in total. The molecule has 2 atom stereocenters. The fourth-order valence-corrected chi connectivity index (χ4v) is 1.65. The molecule has 2 aromatic heterocycles. The Kier molecular flexibility index (Phi) is 3.83.